The Balaban J connectivity index is 2.07. The Morgan fingerprint density at radius 2 is 1.55 bits per heavy atom. The van der Waals surface area contributed by atoms with Gasteiger partial charge in [0.15, 0.2) is 0 Å². The summed E-state index contributed by atoms with van der Waals surface area (Å²) in [5.41, 5.74) is 3.09. The van der Waals surface area contributed by atoms with Crippen LogP contribution in [0.2, 0.25) is 0 Å². The maximum absolute atomic E-state index is 13.9. The third-order valence-electron chi connectivity index (χ3n) is 6.33. The van der Waals surface area contributed by atoms with Gasteiger partial charge in [-0.15, -0.1) is 0 Å². The highest BCUT2D eigenvalue weighted by molar-refractivity contribution is 7.92. The number of nitrogens with one attached hydrogen (secondary N) is 1. The summed E-state index contributed by atoms with van der Waals surface area (Å²) in [6.07, 6.45) is 0.362. The van der Waals surface area contributed by atoms with Crippen molar-refractivity contribution >= 4 is 27.5 Å². The van der Waals surface area contributed by atoms with Crippen LogP contribution in [0, 0.1) is 13.8 Å². The maximum Gasteiger partial charge on any atom is 0.264 e. The van der Waals surface area contributed by atoms with Crippen LogP contribution in [0.1, 0.15) is 30.0 Å². The Kier molecular flexibility index (Phi) is 9.52. The zero-order valence-electron chi connectivity index (χ0n) is 22.5. The van der Waals surface area contributed by atoms with Crippen molar-refractivity contribution in [2.75, 3.05) is 25.0 Å². The largest absolute Gasteiger partial charge is 0.497 e. The molecule has 0 unspecified atom stereocenters. The number of carbonyl (C=O) groups excluding carboxylic acids is 2. The first-order valence-corrected chi connectivity index (χ1v) is 13.8. The fourth-order valence-corrected chi connectivity index (χ4v) is 5.51. The predicted molar refractivity (Wildman–Crippen MR) is 149 cm³/mol. The van der Waals surface area contributed by atoms with Gasteiger partial charge >= 0.3 is 0 Å². The van der Waals surface area contributed by atoms with Gasteiger partial charge in [-0.1, -0.05) is 60.5 Å². The van der Waals surface area contributed by atoms with Crippen LogP contribution < -0.4 is 14.4 Å². The van der Waals surface area contributed by atoms with Crippen LogP contribution in [-0.4, -0.2) is 51.9 Å². The van der Waals surface area contributed by atoms with Gasteiger partial charge in [0.2, 0.25) is 11.8 Å². The molecule has 2 amide bonds. The topological polar surface area (TPSA) is 96.0 Å². The average molecular weight is 538 g/mol. The number of amides is 2. The highest BCUT2D eigenvalue weighted by Gasteiger charge is 2.33. The molecular formula is C29H35N3O5S. The number of carbonyl (C=O) groups is 2. The molecule has 3 aromatic carbocycles. The summed E-state index contributed by atoms with van der Waals surface area (Å²) in [5.74, 6) is -0.367. The SMILES string of the molecule is CC[C@@H](C(=O)NC)N(Cc1ccc(C)cc1)C(=O)CN(c1cccc(OC)c1)S(=O)(=O)c1ccc(C)cc1. The number of sulfonamides is 1. The van der Waals surface area contributed by atoms with Crippen molar-refractivity contribution in [1.82, 2.24) is 10.2 Å². The Labute approximate surface area is 225 Å². The van der Waals surface area contributed by atoms with Crippen molar-refractivity contribution in [3.63, 3.8) is 0 Å². The summed E-state index contributed by atoms with van der Waals surface area (Å²) >= 11 is 0. The first-order valence-electron chi connectivity index (χ1n) is 12.4. The Morgan fingerprint density at radius 1 is 0.947 bits per heavy atom. The average Bonchev–Trinajstić information content (AvgIpc) is 2.92. The van der Waals surface area contributed by atoms with Gasteiger partial charge in [0, 0.05) is 19.7 Å². The highest BCUT2D eigenvalue weighted by Crippen LogP contribution is 2.28. The number of hydrogen-bond donors (Lipinski definition) is 1. The van der Waals surface area contributed by atoms with Crippen LogP contribution in [0.25, 0.3) is 0 Å². The molecular weight excluding hydrogens is 502 g/mol. The van der Waals surface area contributed by atoms with Crippen molar-refractivity contribution in [1.29, 1.82) is 0 Å². The van der Waals surface area contributed by atoms with E-state index in [2.05, 4.69) is 5.32 Å². The van der Waals surface area contributed by atoms with Crippen molar-refractivity contribution in [3.8, 4) is 5.75 Å². The lowest BCUT2D eigenvalue weighted by molar-refractivity contribution is -0.140. The van der Waals surface area contributed by atoms with Crippen molar-refractivity contribution in [2.45, 2.75) is 44.7 Å². The minimum Gasteiger partial charge on any atom is -0.497 e. The molecule has 0 aliphatic heterocycles. The van der Waals surface area contributed by atoms with Crippen molar-refractivity contribution in [2.24, 2.45) is 0 Å². The third-order valence-corrected chi connectivity index (χ3v) is 8.12. The number of anilines is 1. The lowest BCUT2D eigenvalue weighted by atomic mass is 10.1. The Morgan fingerprint density at radius 3 is 2.11 bits per heavy atom. The smallest absolute Gasteiger partial charge is 0.264 e. The second-order valence-electron chi connectivity index (χ2n) is 9.07. The summed E-state index contributed by atoms with van der Waals surface area (Å²) in [6, 6.07) is 19.9. The van der Waals surface area contributed by atoms with E-state index in [0.717, 1.165) is 21.0 Å². The molecule has 202 valence electrons. The summed E-state index contributed by atoms with van der Waals surface area (Å²) < 4.78 is 34.1. The van der Waals surface area contributed by atoms with E-state index in [1.165, 1.54) is 31.2 Å². The minimum atomic E-state index is -4.13. The zero-order chi connectivity index (χ0) is 27.9. The molecule has 9 heteroatoms. The molecule has 0 aliphatic rings. The van der Waals surface area contributed by atoms with E-state index in [-0.39, 0.29) is 23.0 Å². The lowest BCUT2D eigenvalue weighted by Gasteiger charge is -2.33. The predicted octanol–water partition coefficient (Wildman–Crippen LogP) is 4.06. The second-order valence-corrected chi connectivity index (χ2v) is 10.9. The van der Waals surface area contributed by atoms with Gasteiger partial charge in [-0.25, -0.2) is 8.42 Å². The maximum atomic E-state index is 13.9. The monoisotopic (exact) mass is 537 g/mol. The molecule has 0 aromatic heterocycles. The zero-order valence-corrected chi connectivity index (χ0v) is 23.3. The number of methoxy groups -OCH3 is 1. The molecule has 0 fully saturated rings. The van der Waals surface area contributed by atoms with Crippen molar-refractivity contribution < 1.29 is 22.7 Å². The number of nitrogens with zero attached hydrogens (tertiary/aromatic N) is 2. The molecule has 8 nitrogen and oxygen atoms in total. The van der Waals surface area contributed by atoms with Gasteiger partial charge in [-0.2, -0.15) is 0 Å². The summed E-state index contributed by atoms with van der Waals surface area (Å²) in [6.45, 7) is 5.31. The summed E-state index contributed by atoms with van der Waals surface area (Å²) in [5, 5.41) is 2.63. The van der Waals surface area contributed by atoms with Gasteiger partial charge < -0.3 is 15.0 Å². The number of rotatable bonds is 11. The Hall–Kier alpha value is -3.85. The van der Waals surface area contributed by atoms with E-state index < -0.39 is 28.5 Å². The molecule has 0 spiro atoms. The fraction of sp³-hybridized carbons (Fsp3) is 0.310. The number of hydrogen-bond acceptors (Lipinski definition) is 5. The van der Waals surface area contributed by atoms with Crippen LogP contribution in [0.5, 0.6) is 5.75 Å². The number of likely N-dealkylation sites (N-methyl/N-ethyl adjacent to an activating group) is 1. The van der Waals surface area contributed by atoms with Gasteiger partial charge in [0.1, 0.15) is 18.3 Å². The number of benzene rings is 3. The minimum absolute atomic E-state index is 0.0575. The lowest BCUT2D eigenvalue weighted by Crippen LogP contribution is -2.51. The molecule has 1 atom stereocenters. The number of ether oxygens (including phenoxy) is 1. The van der Waals surface area contributed by atoms with Crippen molar-refractivity contribution in [3.05, 3.63) is 89.5 Å². The normalized spacial score (nSPS) is 11.9. The molecule has 0 bridgehead atoms. The third kappa shape index (κ3) is 6.72. The van der Waals surface area contributed by atoms with E-state index in [0.29, 0.717) is 12.2 Å². The molecule has 0 heterocycles. The standard InChI is InChI=1S/C29H35N3O5S/c1-6-27(29(34)30-4)31(19-23-14-10-21(2)11-15-23)28(33)20-32(24-8-7-9-25(18-24)37-5)38(35,36)26-16-12-22(3)13-17-26/h7-18,27H,6,19-20H2,1-5H3,(H,30,34)/t27-/m0/s1. The van der Waals surface area contributed by atoms with E-state index in [1.807, 2.05) is 45.0 Å². The van der Waals surface area contributed by atoms with Crippen LogP contribution >= 0.6 is 0 Å². The van der Waals surface area contributed by atoms with Crippen LogP contribution in [-0.2, 0) is 26.2 Å². The molecule has 0 radical (unpaired) electrons. The van der Waals surface area contributed by atoms with Gasteiger partial charge in [-0.05, 0) is 50.1 Å². The van der Waals surface area contributed by atoms with Crippen LogP contribution in [0.4, 0.5) is 5.69 Å². The molecule has 38 heavy (non-hydrogen) atoms. The van der Waals surface area contributed by atoms with Gasteiger partial charge in [0.05, 0.1) is 17.7 Å². The van der Waals surface area contributed by atoms with E-state index in [9.17, 15) is 18.0 Å². The molecule has 0 saturated carbocycles. The summed E-state index contributed by atoms with van der Waals surface area (Å²) in [7, 11) is -1.13. The molecule has 0 aliphatic carbocycles. The molecule has 0 saturated heterocycles. The fourth-order valence-electron chi connectivity index (χ4n) is 4.11. The van der Waals surface area contributed by atoms with Crippen LogP contribution in [0.15, 0.2) is 77.7 Å². The van der Waals surface area contributed by atoms with Gasteiger partial charge in [0.25, 0.3) is 10.0 Å². The first kappa shape index (κ1) is 28.7. The van der Waals surface area contributed by atoms with Gasteiger partial charge in [-0.3, -0.25) is 13.9 Å². The summed E-state index contributed by atoms with van der Waals surface area (Å²) in [4.78, 5) is 28.2. The molecule has 3 rings (SSSR count). The first-order chi connectivity index (χ1) is 18.1. The van der Waals surface area contributed by atoms with E-state index >= 15 is 0 Å². The molecule has 1 N–H and O–H groups in total. The Bertz CT molecular complexity index is 1360. The second kappa shape index (κ2) is 12.6. The van der Waals surface area contributed by atoms with E-state index in [1.54, 1.807) is 36.4 Å². The highest BCUT2D eigenvalue weighted by atomic mass is 32.2. The van der Waals surface area contributed by atoms with Crippen LogP contribution in [0.3, 0.4) is 0 Å². The molecule has 3 aromatic rings. The van der Waals surface area contributed by atoms with E-state index in [4.69, 9.17) is 4.74 Å². The number of aryl methyl sites for hydroxylation is 2. The quantitative estimate of drug-likeness (QED) is 0.398.